The van der Waals surface area contributed by atoms with Crippen molar-refractivity contribution in [3.63, 3.8) is 0 Å². The van der Waals surface area contributed by atoms with Crippen molar-refractivity contribution in [2.24, 2.45) is 0 Å². The molecule has 2 heterocycles. The average molecular weight is 511 g/mol. The van der Waals surface area contributed by atoms with Gasteiger partial charge in [-0.3, -0.25) is 14.5 Å². The predicted octanol–water partition coefficient (Wildman–Crippen LogP) is 4.87. The lowest BCUT2D eigenvalue weighted by atomic mass is 10.2. The van der Waals surface area contributed by atoms with Gasteiger partial charge in [0.2, 0.25) is 11.0 Å². The van der Waals surface area contributed by atoms with Crippen molar-refractivity contribution in [1.29, 1.82) is 0 Å². The number of anilines is 1. The van der Waals surface area contributed by atoms with E-state index in [0.717, 1.165) is 34.3 Å². The second-order valence-corrected chi connectivity index (χ2v) is 9.94. The fraction of sp³-hybridized carbons (Fsp3) is 0.316. The maximum absolute atomic E-state index is 12.7. The van der Waals surface area contributed by atoms with Crippen molar-refractivity contribution in [3.05, 3.63) is 44.2 Å². The van der Waals surface area contributed by atoms with Crippen LogP contribution < -0.4 is 5.32 Å². The Bertz CT molecular complexity index is 960. The first-order valence-electron chi connectivity index (χ1n) is 9.09. The molecule has 0 bridgehead atoms. The Labute approximate surface area is 191 Å². The van der Waals surface area contributed by atoms with Gasteiger partial charge in [-0.15, -0.1) is 10.2 Å². The number of aromatic nitrogens is 2. The number of hydrogen-bond acceptors (Lipinski definition) is 7. The number of nitrogens with zero attached hydrogens (tertiary/aromatic N) is 3. The number of benzene rings is 1. The monoisotopic (exact) mass is 510 g/mol. The molecular weight excluding hydrogens is 492 g/mol. The maximum atomic E-state index is 12.7. The molecule has 0 radical (unpaired) electrons. The Kier molecular flexibility index (Phi) is 7.93. The zero-order valence-electron chi connectivity index (χ0n) is 15.7. The van der Waals surface area contributed by atoms with Gasteiger partial charge in [0.05, 0.1) is 4.91 Å². The minimum atomic E-state index is -0.215. The fourth-order valence-corrected chi connectivity index (χ4v) is 5.09. The Morgan fingerprint density at radius 3 is 2.97 bits per heavy atom. The van der Waals surface area contributed by atoms with E-state index >= 15 is 0 Å². The van der Waals surface area contributed by atoms with Crippen molar-refractivity contribution in [2.75, 3.05) is 11.9 Å². The topological polar surface area (TPSA) is 75.2 Å². The Hall–Kier alpha value is -1.62. The van der Waals surface area contributed by atoms with Crippen molar-refractivity contribution in [3.8, 4) is 0 Å². The van der Waals surface area contributed by atoms with Gasteiger partial charge < -0.3 is 5.32 Å². The molecule has 1 aliphatic heterocycles. The van der Waals surface area contributed by atoms with Crippen molar-refractivity contribution >= 4 is 78.6 Å². The molecule has 2 amide bonds. The molecule has 3 rings (SSSR count). The van der Waals surface area contributed by atoms with Gasteiger partial charge in [0.1, 0.15) is 9.33 Å². The number of unbranched alkanes of at least 4 members (excludes halogenated alkanes) is 1. The zero-order valence-corrected chi connectivity index (χ0v) is 19.7. The van der Waals surface area contributed by atoms with E-state index in [1.165, 1.54) is 28.0 Å². The van der Waals surface area contributed by atoms with Crippen LogP contribution in [0.4, 0.5) is 5.13 Å². The van der Waals surface area contributed by atoms with Crippen molar-refractivity contribution in [1.82, 2.24) is 15.1 Å². The largest absolute Gasteiger partial charge is 0.300 e. The molecule has 1 fully saturated rings. The average Bonchev–Trinajstić information content (AvgIpc) is 3.23. The van der Waals surface area contributed by atoms with Crippen LogP contribution in [0.2, 0.25) is 0 Å². The van der Waals surface area contributed by atoms with Crippen LogP contribution in [-0.2, 0) is 16.0 Å². The lowest BCUT2D eigenvalue weighted by molar-refractivity contribution is -0.122. The molecule has 2 aromatic rings. The molecule has 0 atom stereocenters. The Balaban J connectivity index is 1.55. The van der Waals surface area contributed by atoms with Gasteiger partial charge >= 0.3 is 0 Å². The third-order valence-electron chi connectivity index (χ3n) is 4.04. The van der Waals surface area contributed by atoms with Gasteiger partial charge in [0.15, 0.2) is 0 Å². The highest BCUT2D eigenvalue weighted by Gasteiger charge is 2.32. The summed E-state index contributed by atoms with van der Waals surface area (Å²) in [6, 6.07) is 7.67. The van der Waals surface area contributed by atoms with E-state index in [9.17, 15) is 9.59 Å². The molecule has 1 aromatic heterocycles. The summed E-state index contributed by atoms with van der Waals surface area (Å²) < 4.78 is 1.40. The minimum absolute atomic E-state index is 0.139. The third kappa shape index (κ3) is 6.18. The Morgan fingerprint density at radius 1 is 1.38 bits per heavy atom. The van der Waals surface area contributed by atoms with E-state index in [1.807, 2.05) is 30.3 Å². The van der Waals surface area contributed by atoms with Crippen LogP contribution in [0, 0.1) is 0 Å². The molecule has 0 spiro atoms. The number of amides is 2. The van der Waals surface area contributed by atoms with Crippen molar-refractivity contribution in [2.45, 2.75) is 32.6 Å². The highest BCUT2D eigenvalue weighted by molar-refractivity contribution is 9.10. The molecule has 0 unspecified atom stereocenters. The summed E-state index contributed by atoms with van der Waals surface area (Å²) in [7, 11) is 0. The molecule has 0 aliphatic carbocycles. The quantitative estimate of drug-likeness (QED) is 0.403. The van der Waals surface area contributed by atoms with Crippen molar-refractivity contribution < 1.29 is 9.59 Å². The lowest BCUT2D eigenvalue weighted by Crippen LogP contribution is -2.31. The van der Waals surface area contributed by atoms with Crippen LogP contribution in [0.1, 0.15) is 36.8 Å². The SMILES string of the molecule is CCCCc1nnc(NC(=O)CCN2C(=O)C(=Cc3cccc(Br)c3)SC2=S)s1. The van der Waals surface area contributed by atoms with E-state index in [1.54, 1.807) is 0 Å². The van der Waals surface area contributed by atoms with E-state index in [2.05, 4.69) is 38.4 Å². The number of hydrogen-bond donors (Lipinski definition) is 1. The number of rotatable bonds is 8. The molecule has 29 heavy (non-hydrogen) atoms. The zero-order chi connectivity index (χ0) is 20.8. The minimum Gasteiger partial charge on any atom is -0.300 e. The van der Waals surface area contributed by atoms with E-state index in [-0.39, 0.29) is 24.8 Å². The first-order valence-corrected chi connectivity index (χ1v) is 11.9. The number of carbonyl (C=O) groups excluding carboxylic acids is 2. The van der Waals surface area contributed by atoms with E-state index in [0.29, 0.717) is 14.4 Å². The first-order chi connectivity index (χ1) is 14.0. The van der Waals surface area contributed by atoms with Gasteiger partial charge in [0, 0.05) is 23.9 Å². The van der Waals surface area contributed by atoms with Gasteiger partial charge in [0.25, 0.3) is 5.91 Å². The highest BCUT2D eigenvalue weighted by atomic mass is 79.9. The number of thiocarbonyl (C=S) groups is 1. The maximum Gasteiger partial charge on any atom is 0.266 e. The third-order valence-corrected chi connectivity index (χ3v) is 6.81. The lowest BCUT2D eigenvalue weighted by Gasteiger charge is -2.13. The van der Waals surface area contributed by atoms with Crippen LogP contribution >= 0.6 is 51.2 Å². The fourth-order valence-electron chi connectivity index (χ4n) is 2.57. The van der Waals surface area contributed by atoms with Gasteiger partial charge in [-0.1, -0.05) is 76.7 Å². The molecule has 152 valence electrons. The molecule has 6 nitrogen and oxygen atoms in total. The van der Waals surface area contributed by atoms with E-state index < -0.39 is 0 Å². The number of carbonyl (C=O) groups is 2. The second-order valence-electron chi connectivity index (χ2n) is 6.29. The van der Waals surface area contributed by atoms with Crippen LogP contribution in [0.15, 0.2) is 33.6 Å². The number of aryl methyl sites for hydroxylation is 1. The molecule has 1 N–H and O–H groups in total. The first kappa shape index (κ1) is 22.1. The number of thioether (sulfide) groups is 1. The molecule has 1 aliphatic rings. The van der Waals surface area contributed by atoms with Gasteiger partial charge in [-0.2, -0.15) is 0 Å². The van der Waals surface area contributed by atoms with Crippen LogP contribution in [0.3, 0.4) is 0 Å². The predicted molar refractivity (Wildman–Crippen MR) is 126 cm³/mol. The molecule has 10 heteroatoms. The molecule has 1 saturated heterocycles. The number of halogens is 1. The molecular formula is C19H19BrN4O2S3. The molecule has 0 saturated carbocycles. The second kappa shape index (κ2) is 10.4. The molecule has 1 aromatic carbocycles. The summed E-state index contributed by atoms with van der Waals surface area (Å²) >= 11 is 11.4. The summed E-state index contributed by atoms with van der Waals surface area (Å²) in [5, 5.41) is 12.2. The van der Waals surface area contributed by atoms with Crippen LogP contribution in [0.5, 0.6) is 0 Å². The Morgan fingerprint density at radius 2 is 2.21 bits per heavy atom. The summed E-state index contributed by atoms with van der Waals surface area (Å²) in [4.78, 5) is 26.9. The van der Waals surface area contributed by atoms with Crippen LogP contribution in [0.25, 0.3) is 6.08 Å². The summed E-state index contributed by atoms with van der Waals surface area (Å²) in [6.07, 6.45) is 4.94. The standard InChI is InChI=1S/C19H19BrN4O2S3/c1-2-3-7-16-22-23-18(29-16)21-15(25)8-9-24-17(26)14(28-19(24)27)11-12-5-4-6-13(20)10-12/h4-6,10-11H,2-3,7-9H2,1H3,(H,21,23,25). The van der Waals surface area contributed by atoms with Gasteiger partial charge in [-0.25, -0.2) is 0 Å². The normalized spacial score (nSPS) is 15.4. The summed E-state index contributed by atoms with van der Waals surface area (Å²) in [5.41, 5.74) is 0.910. The van der Waals surface area contributed by atoms with Gasteiger partial charge in [-0.05, 0) is 30.2 Å². The van der Waals surface area contributed by atoms with Crippen LogP contribution in [-0.4, -0.2) is 37.8 Å². The highest BCUT2D eigenvalue weighted by Crippen LogP contribution is 2.33. The van der Waals surface area contributed by atoms with E-state index in [4.69, 9.17) is 12.2 Å². The summed E-state index contributed by atoms with van der Waals surface area (Å²) in [6.45, 7) is 2.35. The summed E-state index contributed by atoms with van der Waals surface area (Å²) in [5.74, 6) is -0.390. The smallest absolute Gasteiger partial charge is 0.266 e. The number of nitrogens with one attached hydrogen (secondary N) is 1.